The Morgan fingerprint density at radius 2 is 0.868 bits per heavy atom. The first-order valence-corrected chi connectivity index (χ1v) is 18.2. The zero-order chi connectivity index (χ0) is 35.5. The quantitative estimate of drug-likeness (QED) is 0.170. The van der Waals surface area contributed by atoms with E-state index in [1.807, 2.05) is 18.2 Å². The van der Waals surface area contributed by atoms with Gasteiger partial charge in [-0.05, 0) is 96.4 Å². The molecule has 1 aliphatic carbocycles. The maximum Gasteiger partial charge on any atom is 0.164 e. The van der Waals surface area contributed by atoms with E-state index in [0.29, 0.717) is 17.5 Å². The Morgan fingerprint density at radius 3 is 1.55 bits per heavy atom. The summed E-state index contributed by atoms with van der Waals surface area (Å²) in [5, 5.41) is 4.78. The van der Waals surface area contributed by atoms with Gasteiger partial charge in [-0.1, -0.05) is 159 Å². The molecule has 3 nitrogen and oxygen atoms in total. The molecule has 53 heavy (non-hydrogen) atoms. The van der Waals surface area contributed by atoms with Gasteiger partial charge in [-0.3, -0.25) is 0 Å². The van der Waals surface area contributed by atoms with Crippen molar-refractivity contribution in [2.75, 3.05) is 0 Å². The van der Waals surface area contributed by atoms with Crippen LogP contribution in [0, 0.1) is 0 Å². The Hall–Kier alpha value is -6.71. The van der Waals surface area contributed by atoms with Crippen LogP contribution in [0.5, 0.6) is 0 Å². The molecule has 0 unspecified atom stereocenters. The normalized spacial score (nSPS) is 12.9. The summed E-state index contributed by atoms with van der Waals surface area (Å²) in [6, 6.07) is 62.5. The maximum absolute atomic E-state index is 5.28. The van der Waals surface area contributed by atoms with E-state index in [0.717, 1.165) is 44.3 Å². The SMILES string of the molecule is CC1(C)c2ccccc2-c2cc3ccc4c(-c5nc(-c6ccccc6)nc(-c6cc(-c7ccccc7)cc(-c7ccccc7)c6)n5)cccc4c3cc21. The van der Waals surface area contributed by atoms with Crippen molar-refractivity contribution in [2.45, 2.75) is 19.3 Å². The second-order valence-corrected chi connectivity index (χ2v) is 14.5. The standard InChI is InChI=1S/C50H35N3/c1-50(2)45-24-13-12-21-41(45)44-30-35-25-26-40-39(43(35)31-46(44)50)22-14-23-42(40)49-52-47(34-19-10-5-11-20-34)51-48(53-49)38-28-36(32-15-6-3-7-16-32)27-37(29-38)33-17-8-4-9-18-33/h3-31H,1-2H3. The summed E-state index contributed by atoms with van der Waals surface area (Å²) in [6.45, 7) is 4.68. The summed E-state index contributed by atoms with van der Waals surface area (Å²) in [7, 11) is 0. The van der Waals surface area contributed by atoms with Crippen LogP contribution in [0.25, 0.3) is 89.1 Å². The molecule has 8 aromatic carbocycles. The summed E-state index contributed by atoms with van der Waals surface area (Å²) in [5.74, 6) is 1.94. The van der Waals surface area contributed by atoms with Gasteiger partial charge in [0.1, 0.15) is 0 Å². The molecule has 0 N–H and O–H groups in total. The Kier molecular flexibility index (Phi) is 7.16. The van der Waals surface area contributed by atoms with Gasteiger partial charge in [-0.25, -0.2) is 15.0 Å². The molecule has 0 bridgehead atoms. The number of rotatable bonds is 5. The monoisotopic (exact) mass is 677 g/mol. The van der Waals surface area contributed by atoms with Gasteiger partial charge in [0.15, 0.2) is 17.5 Å². The minimum atomic E-state index is -0.0829. The number of hydrogen-bond donors (Lipinski definition) is 0. The van der Waals surface area contributed by atoms with Crippen LogP contribution in [0.2, 0.25) is 0 Å². The van der Waals surface area contributed by atoms with Crippen LogP contribution in [0.3, 0.4) is 0 Å². The lowest BCUT2D eigenvalue weighted by atomic mass is 9.81. The van der Waals surface area contributed by atoms with E-state index in [2.05, 4.69) is 172 Å². The molecule has 1 aromatic heterocycles. The topological polar surface area (TPSA) is 38.7 Å². The molecule has 3 heteroatoms. The van der Waals surface area contributed by atoms with Crippen LogP contribution < -0.4 is 0 Å². The van der Waals surface area contributed by atoms with Crippen molar-refractivity contribution in [3.05, 3.63) is 187 Å². The third-order valence-electron chi connectivity index (χ3n) is 10.9. The molecule has 1 heterocycles. The Balaban J connectivity index is 1.19. The van der Waals surface area contributed by atoms with E-state index in [1.165, 1.54) is 38.4 Å². The third-order valence-corrected chi connectivity index (χ3v) is 10.9. The molecule has 0 spiro atoms. The summed E-state index contributed by atoms with van der Waals surface area (Å²) in [5.41, 5.74) is 12.7. The lowest BCUT2D eigenvalue weighted by Gasteiger charge is -2.22. The molecule has 9 aromatic rings. The number of fused-ring (bicyclic) bond motifs is 6. The van der Waals surface area contributed by atoms with Gasteiger partial charge >= 0.3 is 0 Å². The summed E-state index contributed by atoms with van der Waals surface area (Å²) in [4.78, 5) is 15.6. The molecule has 0 amide bonds. The van der Waals surface area contributed by atoms with Gasteiger partial charge in [0.25, 0.3) is 0 Å². The highest BCUT2D eigenvalue weighted by molar-refractivity contribution is 6.13. The molecule has 0 saturated carbocycles. The fourth-order valence-corrected chi connectivity index (χ4v) is 8.18. The van der Waals surface area contributed by atoms with Gasteiger partial charge in [0, 0.05) is 22.1 Å². The molecule has 0 saturated heterocycles. The first kappa shape index (κ1) is 31.1. The first-order chi connectivity index (χ1) is 26.0. The summed E-state index contributed by atoms with van der Waals surface area (Å²) >= 11 is 0. The summed E-state index contributed by atoms with van der Waals surface area (Å²) < 4.78 is 0. The molecule has 10 rings (SSSR count). The van der Waals surface area contributed by atoms with Crippen LogP contribution in [-0.2, 0) is 5.41 Å². The van der Waals surface area contributed by atoms with Gasteiger partial charge in [0.05, 0.1) is 0 Å². The average Bonchev–Trinajstić information content (AvgIpc) is 3.45. The Bertz CT molecular complexity index is 2780. The number of nitrogens with zero attached hydrogens (tertiary/aromatic N) is 3. The minimum absolute atomic E-state index is 0.0829. The highest BCUT2D eigenvalue weighted by Gasteiger charge is 2.35. The second kappa shape index (κ2) is 12.2. The molecule has 0 fully saturated rings. The van der Waals surface area contributed by atoms with E-state index >= 15 is 0 Å². The number of aromatic nitrogens is 3. The number of benzene rings is 8. The first-order valence-electron chi connectivity index (χ1n) is 18.2. The van der Waals surface area contributed by atoms with Crippen molar-refractivity contribution in [3.8, 4) is 67.5 Å². The summed E-state index contributed by atoms with van der Waals surface area (Å²) in [6.07, 6.45) is 0. The van der Waals surface area contributed by atoms with E-state index < -0.39 is 0 Å². The van der Waals surface area contributed by atoms with Crippen LogP contribution in [0.1, 0.15) is 25.0 Å². The van der Waals surface area contributed by atoms with Gasteiger partial charge in [-0.15, -0.1) is 0 Å². The predicted octanol–water partition coefficient (Wildman–Crippen LogP) is 12.8. The van der Waals surface area contributed by atoms with Gasteiger partial charge < -0.3 is 0 Å². The van der Waals surface area contributed by atoms with Crippen molar-refractivity contribution in [3.63, 3.8) is 0 Å². The third kappa shape index (κ3) is 5.24. The zero-order valence-electron chi connectivity index (χ0n) is 29.6. The second-order valence-electron chi connectivity index (χ2n) is 14.5. The van der Waals surface area contributed by atoms with Crippen LogP contribution >= 0.6 is 0 Å². The smallest absolute Gasteiger partial charge is 0.164 e. The van der Waals surface area contributed by atoms with Crippen molar-refractivity contribution in [2.24, 2.45) is 0 Å². The van der Waals surface area contributed by atoms with Crippen molar-refractivity contribution >= 4 is 21.5 Å². The zero-order valence-corrected chi connectivity index (χ0v) is 29.6. The van der Waals surface area contributed by atoms with Gasteiger partial charge in [0.2, 0.25) is 0 Å². The van der Waals surface area contributed by atoms with Crippen molar-refractivity contribution in [1.29, 1.82) is 0 Å². The average molecular weight is 678 g/mol. The molecule has 250 valence electrons. The van der Waals surface area contributed by atoms with E-state index in [4.69, 9.17) is 15.0 Å². The Morgan fingerprint density at radius 1 is 0.321 bits per heavy atom. The molecule has 0 aliphatic heterocycles. The van der Waals surface area contributed by atoms with Gasteiger partial charge in [-0.2, -0.15) is 0 Å². The molecule has 0 atom stereocenters. The van der Waals surface area contributed by atoms with Crippen molar-refractivity contribution < 1.29 is 0 Å². The fraction of sp³-hybridized carbons (Fsp3) is 0.0600. The van der Waals surface area contributed by atoms with E-state index in [9.17, 15) is 0 Å². The lowest BCUT2D eigenvalue weighted by molar-refractivity contribution is 0.661. The Labute approximate surface area is 309 Å². The van der Waals surface area contributed by atoms with E-state index in [1.54, 1.807) is 0 Å². The van der Waals surface area contributed by atoms with Crippen LogP contribution in [0.4, 0.5) is 0 Å². The maximum atomic E-state index is 5.28. The predicted molar refractivity (Wildman–Crippen MR) is 220 cm³/mol. The van der Waals surface area contributed by atoms with Crippen molar-refractivity contribution in [1.82, 2.24) is 15.0 Å². The van der Waals surface area contributed by atoms with E-state index in [-0.39, 0.29) is 5.41 Å². The fourth-order valence-electron chi connectivity index (χ4n) is 8.18. The number of hydrogen-bond acceptors (Lipinski definition) is 3. The lowest BCUT2D eigenvalue weighted by Crippen LogP contribution is -2.14. The molecule has 1 aliphatic rings. The van der Waals surface area contributed by atoms with Crippen LogP contribution in [0.15, 0.2) is 176 Å². The largest absolute Gasteiger partial charge is 0.208 e. The van der Waals surface area contributed by atoms with Crippen LogP contribution in [-0.4, -0.2) is 15.0 Å². The molecule has 0 radical (unpaired) electrons. The highest BCUT2D eigenvalue weighted by Crippen LogP contribution is 2.50. The minimum Gasteiger partial charge on any atom is -0.208 e. The molecular weight excluding hydrogens is 643 g/mol. The highest BCUT2D eigenvalue weighted by atomic mass is 15.0. The molecular formula is C50H35N3.